The van der Waals surface area contributed by atoms with Crippen molar-refractivity contribution in [3.8, 4) is 0 Å². The zero-order chi connectivity index (χ0) is 12.7. The maximum Gasteiger partial charge on any atom is 0.0562 e. The first-order valence-corrected chi connectivity index (χ1v) is 6.47. The zero-order valence-corrected chi connectivity index (χ0v) is 11.5. The summed E-state index contributed by atoms with van der Waals surface area (Å²) in [6.45, 7) is 11.7. The summed E-state index contributed by atoms with van der Waals surface area (Å²) in [6.07, 6.45) is 1.87. The molecular formula is C14H25N3. The molecular weight excluding hydrogens is 210 g/mol. The third kappa shape index (κ3) is 6.27. The molecule has 3 heteroatoms. The van der Waals surface area contributed by atoms with Gasteiger partial charge in [-0.05, 0) is 30.5 Å². The molecule has 0 atom stereocenters. The standard InChI is InChI=1S/C14H25N3/c1-11(2)8-15-10-14-7-13(5-6-16-14)17-9-12(3)4/h5-7,11-12,15H,8-10H2,1-4H3,(H,16,17). The number of nitrogens with zero attached hydrogens (tertiary/aromatic N) is 1. The molecule has 2 N–H and O–H groups in total. The van der Waals surface area contributed by atoms with E-state index in [0.717, 1.165) is 31.0 Å². The predicted octanol–water partition coefficient (Wildman–Crippen LogP) is 2.90. The lowest BCUT2D eigenvalue weighted by molar-refractivity contribution is 0.548. The molecule has 0 saturated carbocycles. The first-order chi connectivity index (χ1) is 8.08. The second kappa shape index (κ2) is 7.28. The van der Waals surface area contributed by atoms with E-state index in [9.17, 15) is 0 Å². The molecule has 96 valence electrons. The molecule has 0 aliphatic carbocycles. The molecule has 0 radical (unpaired) electrons. The van der Waals surface area contributed by atoms with E-state index in [4.69, 9.17) is 0 Å². The fraction of sp³-hybridized carbons (Fsp3) is 0.643. The normalized spacial score (nSPS) is 11.2. The Bertz CT molecular complexity index is 321. The molecule has 1 aromatic heterocycles. The van der Waals surface area contributed by atoms with E-state index in [2.05, 4.69) is 49.4 Å². The molecule has 1 aromatic rings. The lowest BCUT2D eigenvalue weighted by atomic mass is 10.2. The van der Waals surface area contributed by atoms with E-state index >= 15 is 0 Å². The Balaban J connectivity index is 2.42. The van der Waals surface area contributed by atoms with E-state index < -0.39 is 0 Å². The monoisotopic (exact) mass is 235 g/mol. The average molecular weight is 235 g/mol. The molecule has 0 bridgehead atoms. The minimum atomic E-state index is 0.658. The van der Waals surface area contributed by atoms with Gasteiger partial charge in [-0.3, -0.25) is 4.98 Å². The highest BCUT2D eigenvalue weighted by molar-refractivity contribution is 5.43. The molecule has 1 heterocycles. The first kappa shape index (κ1) is 14.0. The highest BCUT2D eigenvalue weighted by atomic mass is 14.9. The predicted molar refractivity (Wildman–Crippen MR) is 74.1 cm³/mol. The Kier molecular flexibility index (Phi) is 5.98. The van der Waals surface area contributed by atoms with Gasteiger partial charge >= 0.3 is 0 Å². The quantitative estimate of drug-likeness (QED) is 0.763. The van der Waals surface area contributed by atoms with Crippen LogP contribution in [0.4, 0.5) is 5.69 Å². The third-order valence-corrected chi connectivity index (χ3v) is 2.39. The number of aromatic nitrogens is 1. The van der Waals surface area contributed by atoms with Gasteiger partial charge in [0.25, 0.3) is 0 Å². The molecule has 0 aliphatic heterocycles. The summed E-state index contributed by atoms with van der Waals surface area (Å²) in [7, 11) is 0. The van der Waals surface area contributed by atoms with Crippen LogP contribution in [0, 0.1) is 11.8 Å². The van der Waals surface area contributed by atoms with Crippen LogP contribution in [0.5, 0.6) is 0 Å². The number of nitrogens with one attached hydrogen (secondary N) is 2. The van der Waals surface area contributed by atoms with Crippen LogP contribution >= 0.6 is 0 Å². The van der Waals surface area contributed by atoms with Crippen molar-refractivity contribution in [2.45, 2.75) is 34.2 Å². The van der Waals surface area contributed by atoms with Crippen LogP contribution in [0.3, 0.4) is 0 Å². The van der Waals surface area contributed by atoms with Crippen molar-refractivity contribution in [1.82, 2.24) is 10.3 Å². The van der Waals surface area contributed by atoms with Gasteiger partial charge < -0.3 is 10.6 Å². The van der Waals surface area contributed by atoms with Crippen LogP contribution in [0.15, 0.2) is 18.3 Å². The van der Waals surface area contributed by atoms with Crippen LogP contribution in [-0.2, 0) is 6.54 Å². The summed E-state index contributed by atoms with van der Waals surface area (Å²) in [4.78, 5) is 4.36. The molecule has 0 unspecified atom stereocenters. The van der Waals surface area contributed by atoms with Crippen LogP contribution in [0.1, 0.15) is 33.4 Å². The van der Waals surface area contributed by atoms with Gasteiger partial charge in [-0.25, -0.2) is 0 Å². The van der Waals surface area contributed by atoms with Crippen molar-refractivity contribution in [2.75, 3.05) is 18.4 Å². The van der Waals surface area contributed by atoms with E-state index in [1.54, 1.807) is 0 Å². The van der Waals surface area contributed by atoms with Gasteiger partial charge in [-0.1, -0.05) is 27.7 Å². The number of hydrogen-bond donors (Lipinski definition) is 2. The summed E-state index contributed by atoms with van der Waals surface area (Å²) in [6, 6.07) is 4.14. The second-order valence-electron chi connectivity index (χ2n) is 5.34. The zero-order valence-electron chi connectivity index (χ0n) is 11.5. The Morgan fingerprint density at radius 1 is 1.12 bits per heavy atom. The first-order valence-electron chi connectivity index (χ1n) is 6.47. The second-order valence-corrected chi connectivity index (χ2v) is 5.34. The maximum absolute atomic E-state index is 4.36. The van der Waals surface area contributed by atoms with Crippen molar-refractivity contribution >= 4 is 5.69 Å². The summed E-state index contributed by atoms with van der Waals surface area (Å²) in [5.74, 6) is 1.34. The number of hydrogen-bond acceptors (Lipinski definition) is 3. The molecule has 0 aliphatic rings. The lowest BCUT2D eigenvalue weighted by Crippen LogP contribution is -2.19. The Labute approximate surface area is 105 Å². The van der Waals surface area contributed by atoms with Crippen LogP contribution in [0.2, 0.25) is 0 Å². The number of pyridine rings is 1. The molecule has 3 nitrogen and oxygen atoms in total. The molecule has 0 aromatic carbocycles. The van der Waals surface area contributed by atoms with Crippen molar-refractivity contribution in [1.29, 1.82) is 0 Å². The Morgan fingerprint density at radius 2 is 1.82 bits per heavy atom. The Hall–Kier alpha value is -1.09. The van der Waals surface area contributed by atoms with E-state index in [1.165, 1.54) is 0 Å². The summed E-state index contributed by atoms with van der Waals surface area (Å²) < 4.78 is 0. The highest BCUT2D eigenvalue weighted by Gasteiger charge is 1.99. The number of rotatable bonds is 7. The average Bonchev–Trinajstić information content (AvgIpc) is 2.26. The minimum Gasteiger partial charge on any atom is -0.385 e. The van der Waals surface area contributed by atoms with Crippen molar-refractivity contribution < 1.29 is 0 Å². The van der Waals surface area contributed by atoms with Gasteiger partial charge in [0.2, 0.25) is 0 Å². The largest absolute Gasteiger partial charge is 0.385 e. The molecule has 0 amide bonds. The van der Waals surface area contributed by atoms with Gasteiger partial charge in [0.1, 0.15) is 0 Å². The van der Waals surface area contributed by atoms with Crippen LogP contribution < -0.4 is 10.6 Å². The fourth-order valence-corrected chi connectivity index (χ4v) is 1.50. The van der Waals surface area contributed by atoms with Crippen molar-refractivity contribution in [3.63, 3.8) is 0 Å². The molecule has 17 heavy (non-hydrogen) atoms. The van der Waals surface area contributed by atoms with E-state index in [0.29, 0.717) is 11.8 Å². The molecule has 0 spiro atoms. The van der Waals surface area contributed by atoms with E-state index in [1.807, 2.05) is 12.3 Å². The lowest BCUT2D eigenvalue weighted by Gasteiger charge is -2.11. The third-order valence-electron chi connectivity index (χ3n) is 2.39. The SMILES string of the molecule is CC(C)CNCc1cc(NCC(C)C)ccn1. The van der Waals surface area contributed by atoms with Gasteiger partial charge in [0.15, 0.2) is 0 Å². The number of anilines is 1. The van der Waals surface area contributed by atoms with Crippen LogP contribution in [-0.4, -0.2) is 18.1 Å². The van der Waals surface area contributed by atoms with Crippen molar-refractivity contribution in [2.24, 2.45) is 11.8 Å². The van der Waals surface area contributed by atoms with E-state index in [-0.39, 0.29) is 0 Å². The van der Waals surface area contributed by atoms with Gasteiger partial charge in [-0.15, -0.1) is 0 Å². The van der Waals surface area contributed by atoms with Gasteiger partial charge in [0.05, 0.1) is 5.69 Å². The van der Waals surface area contributed by atoms with Crippen LogP contribution in [0.25, 0.3) is 0 Å². The summed E-state index contributed by atoms with van der Waals surface area (Å²) in [5, 5.41) is 6.82. The van der Waals surface area contributed by atoms with Gasteiger partial charge in [0, 0.05) is 25.0 Å². The maximum atomic E-state index is 4.36. The Morgan fingerprint density at radius 3 is 2.47 bits per heavy atom. The minimum absolute atomic E-state index is 0.658. The topological polar surface area (TPSA) is 37.0 Å². The highest BCUT2D eigenvalue weighted by Crippen LogP contribution is 2.08. The van der Waals surface area contributed by atoms with Gasteiger partial charge in [-0.2, -0.15) is 0 Å². The fourth-order valence-electron chi connectivity index (χ4n) is 1.50. The molecule has 1 rings (SSSR count). The summed E-state index contributed by atoms with van der Waals surface area (Å²) >= 11 is 0. The molecule has 0 saturated heterocycles. The summed E-state index contributed by atoms with van der Waals surface area (Å²) in [5.41, 5.74) is 2.26. The molecule has 0 fully saturated rings. The smallest absolute Gasteiger partial charge is 0.0562 e. The van der Waals surface area contributed by atoms with Crippen molar-refractivity contribution in [3.05, 3.63) is 24.0 Å².